The number of benzene rings is 2. The van der Waals surface area contributed by atoms with E-state index < -0.39 is 6.04 Å². The fourth-order valence-electron chi connectivity index (χ4n) is 2.34. The Labute approximate surface area is 160 Å². The molecule has 2 aromatic rings. The predicted octanol–water partition coefficient (Wildman–Crippen LogP) is 3.13. The van der Waals surface area contributed by atoms with E-state index in [1.54, 1.807) is 6.92 Å². The summed E-state index contributed by atoms with van der Waals surface area (Å²) in [4.78, 5) is 26.1. The molecule has 7 heteroatoms. The highest BCUT2D eigenvalue weighted by atomic mass is 79.9. The molecule has 1 N–H and O–H groups in total. The molecule has 0 aliphatic carbocycles. The second-order valence-electron chi connectivity index (χ2n) is 5.68. The Morgan fingerprint density at radius 1 is 1.15 bits per heavy atom. The number of likely N-dealkylation sites (N-methyl/N-ethyl adjacent to an activating group) is 1. The first-order chi connectivity index (χ1) is 12.4. The smallest absolute Gasteiger partial charge is 0.261 e. The lowest BCUT2D eigenvalue weighted by Gasteiger charge is -2.28. The number of carbonyl (C=O) groups excluding carboxylic acids is 2. The molecule has 2 aromatic carbocycles. The maximum absolute atomic E-state index is 12.9. The molecule has 0 spiro atoms. The van der Waals surface area contributed by atoms with E-state index >= 15 is 0 Å². The Balaban J connectivity index is 2.10. The van der Waals surface area contributed by atoms with Crippen molar-refractivity contribution in [2.75, 3.05) is 13.7 Å². The van der Waals surface area contributed by atoms with Crippen molar-refractivity contribution < 1.29 is 18.7 Å². The van der Waals surface area contributed by atoms with Crippen LogP contribution in [-0.2, 0) is 16.1 Å². The minimum absolute atomic E-state index is 0.247. The van der Waals surface area contributed by atoms with Gasteiger partial charge in [0.15, 0.2) is 6.61 Å². The summed E-state index contributed by atoms with van der Waals surface area (Å²) < 4.78 is 19.3. The standard InChI is InChI=1S/C19H20BrFN2O3/c1-13(19(25)22-2)23(11-14-3-5-15(20)6-4-14)18(24)12-26-17-9-7-16(21)8-10-17/h3-10,13H,11-12H2,1-2H3,(H,22,25)/t13-/m1/s1. The molecule has 0 bridgehead atoms. The van der Waals surface area contributed by atoms with Crippen molar-refractivity contribution in [3.63, 3.8) is 0 Å². The number of hydrogen-bond donors (Lipinski definition) is 1. The lowest BCUT2D eigenvalue weighted by molar-refractivity contribution is -0.142. The van der Waals surface area contributed by atoms with Gasteiger partial charge in [0.05, 0.1) is 0 Å². The Bertz CT molecular complexity index is 750. The zero-order valence-electron chi connectivity index (χ0n) is 14.5. The van der Waals surface area contributed by atoms with Crippen molar-refractivity contribution in [2.45, 2.75) is 19.5 Å². The van der Waals surface area contributed by atoms with Gasteiger partial charge in [0, 0.05) is 18.1 Å². The molecule has 0 aliphatic rings. The topological polar surface area (TPSA) is 58.6 Å². The largest absolute Gasteiger partial charge is 0.484 e. The molecule has 0 saturated carbocycles. The highest BCUT2D eigenvalue weighted by molar-refractivity contribution is 9.10. The minimum atomic E-state index is -0.659. The Kier molecular flexibility index (Phi) is 7.15. The lowest BCUT2D eigenvalue weighted by Crippen LogP contribution is -2.48. The molecule has 2 rings (SSSR count). The molecule has 0 aliphatic heterocycles. The average molecular weight is 423 g/mol. The van der Waals surface area contributed by atoms with E-state index in [4.69, 9.17) is 4.74 Å². The molecule has 0 saturated heterocycles. The van der Waals surface area contributed by atoms with Gasteiger partial charge in [0.2, 0.25) is 5.91 Å². The molecule has 0 unspecified atom stereocenters. The predicted molar refractivity (Wildman–Crippen MR) is 100 cm³/mol. The van der Waals surface area contributed by atoms with Crippen LogP contribution >= 0.6 is 15.9 Å². The SMILES string of the molecule is CNC(=O)[C@@H](C)N(Cc1ccc(Br)cc1)C(=O)COc1ccc(F)cc1. The van der Waals surface area contributed by atoms with Crippen LogP contribution in [0.1, 0.15) is 12.5 Å². The van der Waals surface area contributed by atoms with Gasteiger partial charge in [-0.25, -0.2) is 4.39 Å². The molecular formula is C19H20BrFN2O3. The van der Waals surface area contributed by atoms with Crippen LogP contribution in [0.3, 0.4) is 0 Å². The summed E-state index contributed by atoms with van der Waals surface area (Å²) >= 11 is 3.37. The van der Waals surface area contributed by atoms with Crippen molar-refractivity contribution >= 4 is 27.7 Å². The average Bonchev–Trinajstić information content (AvgIpc) is 2.65. The zero-order valence-corrected chi connectivity index (χ0v) is 16.1. The van der Waals surface area contributed by atoms with E-state index in [0.717, 1.165) is 10.0 Å². The van der Waals surface area contributed by atoms with Crippen LogP contribution in [0.5, 0.6) is 5.75 Å². The van der Waals surface area contributed by atoms with Crippen LogP contribution in [0.4, 0.5) is 4.39 Å². The fourth-order valence-corrected chi connectivity index (χ4v) is 2.60. The van der Waals surface area contributed by atoms with Crippen LogP contribution < -0.4 is 10.1 Å². The molecule has 2 amide bonds. The first kappa shape index (κ1) is 19.9. The summed E-state index contributed by atoms with van der Waals surface area (Å²) in [5.74, 6) is -0.602. The van der Waals surface area contributed by atoms with Crippen LogP contribution in [0.15, 0.2) is 53.0 Å². The monoisotopic (exact) mass is 422 g/mol. The second kappa shape index (κ2) is 9.33. The molecule has 1 atom stereocenters. The van der Waals surface area contributed by atoms with Crippen molar-refractivity contribution in [1.29, 1.82) is 0 Å². The number of nitrogens with zero attached hydrogens (tertiary/aromatic N) is 1. The third-order valence-corrected chi connectivity index (χ3v) is 4.38. The van der Waals surface area contributed by atoms with Gasteiger partial charge in [0.1, 0.15) is 17.6 Å². The maximum atomic E-state index is 12.9. The Morgan fingerprint density at radius 2 is 1.77 bits per heavy atom. The summed E-state index contributed by atoms with van der Waals surface area (Å²) in [7, 11) is 1.52. The Morgan fingerprint density at radius 3 is 2.35 bits per heavy atom. The highest BCUT2D eigenvalue weighted by Crippen LogP contribution is 2.15. The van der Waals surface area contributed by atoms with Gasteiger partial charge in [-0.05, 0) is 48.9 Å². The van der Waals surface area contributed by atoms with Crippen LogP contribution in [0.25, 0.3) is 0 Å². The molecular weight excluding hydrogens is 403 g/mol. The minimum Gasteiger partial charge on any atom is -0.484 e. The molecule has 5 nitrogen and oxygen atoms in total. The second-order valence-corrected chi connectivity index (χ2v) is 6.60. The number of nitrogens with one attached hydrogen (secondary N) is 1. The van der Waals surface area contributed by atoms with E-state index in [-0.39, 0.29) is 30.8 Å². The molecule has 138 valence electrons. The van der Waals surface area contributed by atoms with Crippen LogP contribution in [-0.4, -0.2) is 36.4 Å². The Hall–Kier alpha value is -2.41. The highest BCUT2D eigenvalue weighted by Gasteiger charge is 2.25. The van der Waals surface area contributed by atoms with Gasteiger partial charge >= 0.3 is 0 Å². The first-order valence-corrected chi connectivity index (χ1v) is 8.84. The first-order valence-electron chi connectivity index (χ1n) is 8.04. The van der Waals surface area contributed by atoms with Crippen molar-refractivity contribution in [1.82, 2.24) is 10.2 Å². The van der Waals surface area contributed by atoms with Crippen molar-refractivity contribution in [2.24, 2.45) is 0 Å². The third-order valence-electron chi connectivity index (χ3n) is 3.86. The number of rotatable bonds is 7. The third kappa shape index (κ3) is 5.56. The number of ether oxygens (including phenoxy) is 1. The lowest BCUT2D eigenvalue weighted by atomic mass is 10.1. The quantitative estimate of drug-likeness (QED) is 0.745. The summed E-state index contributed by atoms with van der Waals surface area (Å²) in [5.41, 5.74) is 0.888. The van der Waals surface area contributed by atoms with Crippen molar-refractivity contribution in [3.8, 4) is 5.75 Å². The van der Waals surface area contributed by atoms with Gasteiger partial charge < -0.3 is 15.0 Å². The molecule has 0 fully saturated rings. The fraction of sp³-hybridized carbons (Fsp3) is 0.263. The molecule has 26 heavy (non-hydrogen) atoms. The maximum Gasteiger partial charge on any atom is 0.261 e. The van der Waals surface area contributed by atoms with Crippen LogP contribution in [0.2, 0.25) is 0 Å². The summed E-state index contributed by atoms with van der Waals surface area (Å²) in [6, 6.07) is 12.2. The van der Waals surface area contributed by atoms with Gasteiger partial charge in [-0.3, -0.25) is 9.59 Å². The van der Waals surface area contributed by atoms with E-state index in [1.807, 2.05) is 24.3 Å². The van der Waals surface area contributed by atoms with E-state index in [2.05, 4.69) is 21.2 Å². The number of halogens is 2. The van der Waals surface area contributed by atoms with Crippen LogP contribution in [0, 0.1) is 5.82 Å². The van der Waals surface area contributed by atoms with Gasteiger partial charge in [-0.2, -0.15) is 0 Å². The van der Waals surface area contributed by atoms with E-state index in [0.29, 0.717) is 5.75 Å². The van der Waals surface area contributed by atoms with Gasteiger partial charge in [-0.1, -0.05) is 28.1 Å². The van der Waals surface area contributed by atoms with Crippen molar-refractivity contribution in [3.05, 3.63) is 64.4 Å². The summed E-state index contributed by atoms with van der Waals surface area (Å²) in [5, 5.41) is 2.55. The zero-order chi connectivity index (χ0) is 19.1. The van der Waals surface area contributed by atoms with E-state index in [1.165, 1.54) is 36.2 Å². The summed E-state index contributed by atoms with van der Waals surface area (Å²) in [6.45, 7) is 1.68. The van der Waals surface area contributed by atoms with Gasteiger partial charge in [-0.15, -0.1) is 0 Å². The number of amides is 2. The molecule has 0 heterocycles. The number of carbonyl (C=O) groups is 2. The number of hydrogen-bond acceptors (Lipinski definition) is 3. The molecule has 0 radical (unpaired) electrons. The molecule has 0 aromatic heterocycles. The summed E-state index contributed by atoms with van der Waals surface area (Å²) in [6.07, 6.45) is 0. The van der Waals surface area contributed by atoms with E-state index in [9.17, 15) is 14.0 Å². The van der Waals surface area contributed by atoms with Gasteiger partial charge in [0.25, 0.3) is 5.91 Å². The normalized spacial score (nSPS) is 11.5.